The summed E-state index contributed by atoms with van der Waals surface area (Å²) in [7, 11) is 3.31. The molecule has 1 saturated carbocycles. The first-order valence-corrected chi connectivity index (χ1v) is 7.17. The number of carbonyl (C=O) groups excluding carboxylic acids is 2. The molecule has 1 atom stereocenters. The van der Waals surface area contributed by atoms with Crippen LogP contribution in [0.2, 0.25) is 0 Å². The Morgan fingerprint density at radius 3 is 2.67 bits per heavy atom. The second-order valence-electron chi connectivity index (χ2n) is 5.11. The standard InChI is InChI=1S/C14H16Cl2N2O3/c1-18(2)12(19)8-21-10-5-3-4-9(6-10)17-13(20)11-7-14(11,15)16/h3-6,11H,7-8H2,1-2H3,(H,17,20). The van der Waals surface area contributed by atoms with Gasteiger partial charge in [0.25, 0.3) is 5.91 Å². The number of benzene rings is 1. The molecule has 0 aliphatic heterocycles. The Bertz CT molecular complexity index is 561. The van der Waals surface area contributed by atoms with Gasteiger partial charge in [0.15, 0.2) is 6.61 Å². The first-order valence-electron chi connectivity index (χ1n) is 6.41. The van der Waals surface area contributed by atoms with Crippen LogP contribution in [0.15, 0.2) is 24.3 Å². The van der Waals surface area contributed by atoms with Crippen LogP contribution in [0.25, 0.3) is 0 Å². The number of anilines is 1. The quantitative estimate of drug-likeness (QED) is 0.842. The van der Waals surface area contributed by atoms with Gasteiger partial charge in [-0.2, -0.15) is 0 Å². The summed E-state index contributed by atoms with van der Waals surface area (Å²) < 4.78 is 4.43. The first-order chi connectivity index (χ1) is 9.79. The molecule has 1 aromatic rings. The smallest absolute Gasteiger partial charge is 0.259 e. The van der Waals surface area contributed by atoms with Gasteiger partial charge in [-0.3, -0.25) is 9.59 Å². The normalized spacial score (nSPS) is 18.8. The number of alkyl halides is 2. The van der Waals surface area contributed by atoms with Gasteiger partial charge in [-0.05, 0) is 18.6 Å². The molecular formula is C14H16Cl2N2O3. The number of halogens is 2. The van der Waals surface area contributed by atoms with Crippen molar-refractivity contribution in [2.75, 3.05) is 26.0 Å². The molecule has 0 bridgehead atoms. The molecule has 0 saturated heterocycles. The van der Waals surface area contributed by atoms with E-state index in [-0.39, 0.29) is 24.3 Å². The maximum absolute atomic E-state index is 11.9. The number of nitrogens with zero attached hydrogens (tertiary/aromatic N) is 1. The van der Waals surface area contributed by atoms with Crippen LogP contribution >= 0.6 is 23.2 Å². The van der Waals surface area contributed by atoms with Crippen molar-refractivity contribution in [3.05, 3.63) is 24.3 Å². The molecule has 1 fully saturated rings. The van der Waals surface area contributed by atoms with E-state index >= 15 is 0 Å². The third-order valence-corrected chi connectivity index (χ3v) is 3.94. The number of nitrogens with one attached hydrogen (secondary N) is 1. The molecule has 2 amide bonds. The van der Waals surface area contributed by atoms with Crippen LogP contribution in [0, 0.1) is 5.92 Å². The second-order valence-corrected chi connectivity index (χ2v) is 6.65. The van der Waals surface area contributed by atoms with Crippen LogP contribution in [-0.2, 0) is 9.59 Å². The summed E-state index contributed by atoms with van der Waals surface area (Å²) in [6.45, 7) is -0.0561. The molecule has 1 aliphatic rings. The Morgan fingerprint density at radius 1 is 1.43 bits per heavy atom. The molecule has 5 nitrogen and oxygen atoms in total. The van der Waals surface area contributed by atoms with Gasteiger partial charge in [-0.1, -0.05) is 6.07 Å². The van der Waals surface area contributed by atoms with Gasteiger partial charge in [-0.25, -0.2) is 0 Å². The molecule has 1 N–H and O–H groups in total. The summed E-state index contributed by atoms with van der Waals surface area (Å²) in [6.07, 6.45) is 0.454. The van der Waals surface area contributed by atoms with Crippen molar-refractivity contribution in [1.82, 2.24) is 4.90 Å². The molecule has 21 heavy (non-hydrogen) atoms. The topological polar surface area (TPSA) is 58.6 Å². The summed E-state index contributed by atoms with van der Waals surface area (Å²) >= 11 is 11.7. The van der Waals surface area contributed by atoms with Gasteiger partial charge in [-0.15, -0.1) is 23.2 Å². The Labute approximate surface area is 133 Å². The van der Waals surface area contributed by atoms with Crippen molar-refractivity contribution in [2.45, 2.75) is 10.8 Å². The van der Waals surface area contributed by atoms with Crippen LogP contribution in [0.5, 0.6) is 5.75 Å². The lowest BCUT2D eigenvalue weighted by atomic mass is 10.3. The van der Waals surface area contributed by atoms with E-state index in [1.165, 1.54) is 4.90 Å². The van der Waals surface area contributed by atoms with Crippen LogP contribution in [0.4, 0.5) is 5.69 Å². The lowest BCUT2D eigenvalue weighted by molar-refractivity contribution is -0.130. The molecule has 0 spiro atoms. The summed E-state index contributed by atoms with van der Waals surface area (Å²) in [5, 5.41) is 2.73. The first kappa shape index (κ1) is 15.9. The highest BCUT2D eigenvalue weighted by Crippen LogP contribution is 2.53. The zero-order valence-corrected chi connectivity index (χ0v) is 13.2. The van der Waals surface area contributed by atoms with Crippen molar-refractivity contribution < 1.29 is 14.3 Å². The molecule has 0 radical (unpaired) electrons. The van der Waals surface area contributed by atoms with Crippen molar-refractivity contribution >= 4 is 40.7 Å². The number of ether oxygens (including phenoxy) is 1. The summed E-state index contributed by atoms with van der Waals surface area (Å²) in [5.74, 6) is -0.250. The number of amides is 2. The highest BCUT2D eigenvalue weighted by atomic mass is 35.5. The van der Waals surface area contributed by atoms with Crippen molar-refractivity contribution in [2.24, 2.45) is 5.92 Å². The van der Waals surface area contributed by atoms with Crippen molar-refractivity contribution in [3.8, 4) is 5.75 Å². The van der Waals surface area contributed by atoms with E-state index in [1.54, 1.807) is 38.4 Å². The van der Waals surface area contributed by atoms with E-state index in [1.807, 2.05) is 0 Å². The van der Waals surface area contributed by atoms with E-state index in [4.69, 9.17) is 27.9 Å². The van der Waals surface area contributed by atoms with E-state index in [0.29, 0.717) is 17.9 Å². The van der Waals surface area contributed by atoms with Gasteiger partial charge in [0, 0.05) is 25.8 Å². The molecule has 7 heteroatoms. The van der Waals surface area contributed by atoms with Crippen LogP contribution < -0.4 is 10.1 Å². The fraction of sp³-hybridized carbons (Fsp3) is 0.429. The van der Waals surface area contributed by atoms with Crippen molar-refractivity contribution in [1.29, 1.82) is 0 Å². The largest absolute Gasteiger partial charge is 0.484 e. The molecular weight excluding hydrogens is 315 g/mol. The summed E-state index contributed by atoms with van der Waals surface area (Å²) in [5.41, 5.74) is 0.575. The highest BCUT2D eigenvalue weighted by Gasteiger charge is 2.56. The summed E-state index contributed by atoms with van der Waals surface area (Å²) in [6, 6.07) is 6.81. The third kappa shape index (κ3) is 4.25. The zero-order chi connectivity index (χ0) is 15.6. The average Bonchev–Trinajstić information content (AvgIpc) is 3.05. The zero-order valence-electron chi connectivity index (χ0n) is 11.7. The Hall–Kier alpha value is -1.46. The lowest BCUT2D eigenvalue weighted by Gasteiger charge is -2.12. The SMILES string of the molecule is CN(C)C(=O)COc1cccc(NC(=O)C2CC2(Cl)Cl)c1. The van der Waals surface area contributed by atoms with Gasteiger partial charge in [0.1, 0.15) is 10.1 Å². The number of carbonyl (C=O) groups is 2. The number of hydrogen-bond donors (Lipinski definition) is 1. The van der Waals surface area contributed by atoms with Gasteiger partial charge in [0.05, 0.1) is 5.92 Å². The number of likely N-dealkylation sites (N-methyl/N-ethyl adjacent to an activating group) is 1. The van der Waals surface area contributed by atoms with Crippen LogP contribution in [-0.4, -0.2) is 41.7 Å². The summed E-state index contributed by atoms with van der Waals surface area (Å²) in [4.78, 5) is 24.8. The second kappa shape index (κ2) is 6.12. The minimum atomic E-state index is -0.948. The van der Waals surface area contributed by atoms with Crippen LogP contribution in [0.3, 0.4) is 0 Å². The van der Waals surface area contributed by atoms with Gasteiger partial charge < -0.3 is 15.0 Å². The van der Waals surface area contributed by atoms with Crippen LogP contribution in [0.1, 0.15) is 6.42 Å². The fourth-order valence-electron chi connectivity index (χ4n) is 1.66. The Balaban J connectivity index is 1.92. The maximum Gasteiger partial charge on any atom is 0.259 e. The molecule has 114 valence electrons. The predicted octanol–water partition coefficient (Wildman–Crippen LogP) is 2.29. The molecule has 1 unspecified atom stereocenters. The van der Waals surface area contributed by atoms with E-state index in [0.717, 1.165) is 0 Å². The van der Waals surface area contributed by atoms with E-state index in [9.17, 15) is 9.59 Å². The highest BCUT2D eigenvalue weighted by molar-refractivity contribution is 6.52. The third-order valence-electron chi connectivity index (χ3n) is 3.11. The van der Waals surface area contributed by atoms with E-state index in [2.05, 4.69) is 5.32 Å². The molecule has 0 aromatic heterocycles. The molecule has 1 aromatic carbocycles. The van der Waals surface area contributed by atoms with Gasteiger partial charge >= 0.3 is 0 Å². The monoisotopic (exact) mass is 330 g/mol. The van der Waals surface area contributed by atoms with Gasteiger partial charge in [0.2, 0.25) is 5.91 Å². The lowest BCUT2D eigenvalue weighted by Crippen LogP contribution is -2.27. The fourth-order valence-corrected chi connectivity index (χ4v) is 2.17. The molecule has 0 heterocycles. The molecule has 2 rings (SSSR count). The predicted molar refractivity (Wildman–Crippen MR) is 81.8 cm³/mol. The Kier molecular flexibility index (Phi) is 4.64. The van der Waals surface area contributed by atoms with E-state index < -0.39 is 4.33 Å². The minimum absolute atomic E-state index is 0.0561. The van der Waals surface area contributed by atoms with Crippen molar-refractivity contribution in [3.63, 3.8) is 0 Å². The maximum atomic E-state index is 11.9. The number of rotatable bonds is 5. The Morgan fingerprint density at radius 2 is 2.10 bits per heavy atom. The average molecular weight is 331 g/mol. The molecule has 1 aliphatic carbocycles. The minimum Gasteiger partial charge on any atom is -0.484 e. The number of hydrogen-bond acceptors (Lipinski definition) is 3.